The van der Waals surface area contributed by atoms with Crippen LogP contribution in [0.3, 0.4) is 0 Å². The van der Waals surface area contributed by atoms with Crippen LogP contribution in [0.5, 0.6) is 0 Å². The van der Waals surface area contributed by atoms with Crippen LogP contribution in [0.1, 0.15) is 23.2 Å². The van der Waals surface area contributed by atoms with Crippen LogP contribution >= 0.6 is 28.3 Å². The Morgan fingerprint density at radius 2 is 2.09 bits per heavy atom. The van der Waals surface area contributed by atoms with Crippen LogP contribution in [0.25, 0.3) is 0 Å². The maximum Gasteiger partial charge on any atom is 0.254 e. The van der Waals surface area contributed by atoms with Crippen molar-refractivity contribution in [2.75, 3.05) is 12.8 Å². The molecule has 0 aromatic heterocycles. The van der Waals surface area contributed by atoms with Crippen molar-refractivity contribution in [3.05, 3.63) is 28.0 Å². The normalized spacial score (nSPS) is 15.8. The number of sulfone groups is 1. The molecule has 22 heavy (non-hydrogen) atoms. The highest BCUT2D eigenvalue weighted by atomic mass is 79.9. The monoisotopic (exact) mass is 414 g/mol. The molecule has 9 heteroatoms. The van der Waals surface area contributed by atoms with E-state index >= 15 is 0 Å². The van der Waals surface area contributed by atoms with E-state index in [1.54, 1.807) is 0 Å². The summed E-state index contributed by atoms with van der Waals surface area (Å²) < 4.78 is 37.7. The van der Waals surface area contributed by atoms with Gasteiger partial charge in [0, 0.05) is 23.3 Å². The molecule has 1 unspecified atom stereocenters. The molecule has 1 aliphatic rings. The summed E-state index contributed by atoms with van der Waals surface area (Å²) in [5.74, 6) is -1.37. The Hall–Kier alpha value is -0.700. The average Bonchev–Trinajstić information content (AvgIpc) is 3.21. The second-order valence-corrected chi connectivity index (χ2v) is 8.09. The summed E-state index contributed by atoms with van der Waals surface area (Å²) in [7, 11) is -3.76. The molecular weight excluding hydrogens is 399 g/mol. The highest BCUT2D eigenvalue weighted by Gasteiger charge is 2.32. The van der Waals surface area contributed by atoms with Crippen molar-refractivity contribution < 1.29 is 17.6 Å². The van der Waals surface area contributed by atoms with E-state index in [0.717, 1.165) is 25.2 Å². The first kappa shape index (κ1) is 19.3. The summed E-state index contributed by atoms with van der Waals surface area (Å²) in [5.41, 5.74) is 5.29. The largest absolute Gasteiger partial charge is 0.348 e. The molecule has 3 N–H and O–H groups in total. The number of halogens is 3. The first-order chi connectivity index (χ1) is 9.74. The van der Waals surface area contributed by atoms with E-state index in [0.29, 0.717) is 10.4 Å². The minimum Gasteiger partial charge on any atom is -0.348 e. The van der Waals surface area contributed by atoms with E-state index in [1.807, 2.05) is 0 Å². The summed E-state index contributed by atoms with van der Waals surface area (Å²) in [5, 5.41) is 2.67. The van der Waals surface area contributed by atoms with Crippen molar-refractivity contribution in [3.8, 4) is 0 Å². The second kappa shape index (κ2) is 7.25. The van der Waals surface area contributed by atoms with Gasteiger partial charge in [0.1, 0.15) is 4.90 Å². The molecule has 5 nitrogen and oxygen atoms in total. The Bertz CT molecular complexity index is 680. The lowest BCUT2D eigenvalue weighted by atomic mass is 10.1. The van der Waals surface area contributed by atoms with E-state index in [2.05, 4.69) is 21.2 Å². The van der Waals surface area contributed by atoms with Gasteiger partial charge in [-0.05, 0) is 30.9 Å². The molecule has 124 valence electrons. The molecule has 0 radical (unpaired) electrons. The summed E-state index contributed by atoms with van der Waals surface area (Å²) in [6, 6.07) is 2.19. The first-order valence-corrected chi connectivity index (χ1v) is 9.12. The predicted molar refractivity (Wildman–Crippen MR) is 87.5 cm³/mol. The van der Waals surface area contributed by atoms with Gasteiger partial charge in [0.2, 0.25) is 0 Å². The number of carbonyl (C=O) groups is 1. The lowest BCUT2D eigenvalue weighted by Gasteiger charge is -2.17. The highest BCUT2D eigenvalue weighted by Crippen LogP contribution is 2.32. The number of hydrogen-bond acceptors (Lipinski definition) is 4. The van der Waals surface area contributed by atoms with Crippen LogP contribution in [-0.4, -0.2) is 33.2 Å². The SMILES string of the molecule is CS(=O)(=O)c1cc(Br)cc(C(=O)NC(CN)C2CC2)c1F.Cl. The quantitative estimate of drug-likeness (QED) is 0.768. The van der Waals surface area contributed by atoms with Crippen molar-refractivity contribution in [3.63, 3.8) is 0 Å². The van der Waals surface area contributed by atoms with Gasteiger partial charge in [-0.2, -0.15) is 0 Å². The van der Waals surface area contributed by atoms with Gasteiger partial charge in [-0.15, -0.1) is 12.4 Å². The average molecular weight is 416 g/mol. The molecule has 1 amide bonds. The molecule has 1 aliphatic carbocycles. The molecule has 1 saturated carbocycles. The molecule has 0 aliphatic heterocycles. The molecular formula is C13H17BrClFN2O3S. The van der Waals surface area contributed by atoms with Gasteiger partial charge >= 0.3 is 0 Å². The number of nitrogens with one attached hydrogen (secondary N) is 1. The first-order valence-electron chi connectivity index (χ1n) is 6.44. The van der Waals surface area contributed by atoms with Crippen molar-refractivity contribution in [1.29, 1.82) is 0 Å². The van der Waals surface area contributed by atoms with Crippen molar-refractivity contribution in [2.24, 2.45) is 11.7 Å². The second-order valence-electron chi connectivity index (χ2n) is 5.19. The molecule has 1 aromatic carbocycles. The number of hydrogen-bond donors (Lipinski definition) is 2. The fourth-order valence-electron chi connectivity index (χ4n) is 2.11. The van der Waals surface area contributed by atoms with Gasteiger partial charge < -0.3 is 11.1 Å². The molecule has 2 rings (SSSR count). The summed E-state index contributed by atoms with van der Waals surface area (Å²) in [6.07, 6.45) is 2.86. The van der Waals surface area contributed by atoms with Gasteiger partial charge in [0.15, 0.2) is 15.7 Å². The van der Waals surface area contributed by atoms with E-state index in [1.165, 1.54) is 6.07 Å². The van der Waals surface area contributed by atoms with Crippen molar-refractivity contribution in [2.45, 2.75) is 23.8 Å². The molecule has 1 aromatic rings. The van der Waals surface area contributed by atoms with Crippen LogP contribution in [0.15, 0.2) is 21.5 Å². The van der Waals surface area contributed by atoms with Gasteiger partial charge in [0.05, 0.1) is 5.56 Å². The summed E-state index contributed by atoms with van der Waals surface area (Å²) >= 11 is 3.10. The maximum atomic E-state index is 14.3. The van der Waals surface area contributed by atoms with E-state index < -0.39 is 26.5 Å². The number of nitrogens with two attached hydrogens (primary N) is 1. The van der Waals surface area contributed by atoms with Crippen molar-refractivity contribution >= 4 is 44.1 Å². The standard InChI is InChI=1S/C13H16BrFN2O3S.ClH/c1-21(19,20)11-5-8(14)4-9(12(11)15)13(18)17-10(6-16)7-2-3-7;/h4-5,7,10H,2-3,6,16H2,1H3,(H,17,18);1H. The molecule has 1 fully saturated rings. The van der Waals surface area contributed by atoms with E-state index in [-0.39, 0.29) is 30.6 Å². The van der Waals surface area contributed by atoms with E-state index in [4.69, 9.17) is 5.73 Å². The third kappa shape index (κ3) is 4.41. The van der Waals surface area contributed by atoms with Crippen molar-refractivity contribution in [1.82, 2.24) is 5.32 Å². The van der Waals surface area contributed by atoms with Crippen LogP contribution in [0.2, 0.25) is 0 Å². The van der Waals surface area contributed by atoms with Crippen LogP contribution in [-0.2, 0) is 9.84 Å². The van der Waals surface area contributed by atoms with Gasteiger partial charge in [-0.3, -0.25) is 4.79 Å². The lowest BCUT2D eigenvalue weighted by molar-refractivity contribution is 0.0928. The zero-order valence-corrected chi connectivity index (χ0v) is 15.0. The van der Waals surface area contributed by atoms with Gasteiger partial charge in [-0.1, -0.05) is 15.9 Å². The summed E-state index contributed by atoms with van der Waals surface area (Å²) in [4.78, 5) is 11.7. The number of carbonyl (C=O) groups excluding carboxylic acids is 1. The zero-order valence-electron chi connectivity index (χ0n) is 11.8. The Morgan fingerprint density at radius 1 is 1.50 bits per heavy atom. The zero-order chi connectivity index (χ0) is 15.8. The van der Waals surface area contributed by atoms with Gasteiger partial charge in [-0.25, -0.2) is 12.8 Å². The van der Waals surface area contributed by atoms with Crippen LogP contribution in [0.4, 0.5) is 4.39 Å². The minimum atomic E-state index is -3.76. The lowest BCUT2D eigenvalue weighted by Crippen LogP contribution is -2.42. The third-order valence-corrected chi connectivity index (χ3v) is 4.96. The number of amides is 1. The van der Waals surface area contributed by atoms with Crippen LogP contribution < -0.4 is 11.1 Å². The topological polar surface area (TPSA) is 89.3 Å². The molecule has 0 spiro atoms. The Kier molecular flexibility index (Phi) is 6.37. The molecule has 0 bridgehead atoms. The van der Waals surface area contributed by atoms with Gasteiger partial charge in [0.25, 0.3) is 5.91 Å². The highest BCUT2D eigenvalue weighted by molar-refractivity contribution is 9.10. The summed E-state index contributed by atoms with van der Waals surface area (Å²) in [6.45, 7) is 0.269. The molecule has 0 heterocycles. The number of rotatable bonds is 5. The minimum absolute atomic E-state index is 0. The predicted octanol–water partition coefficient (Wildman–Crippen LogP) is 1.88. The Morgan fingerprint density at radius 3 is 2.55 bits per heavy atom. The third-order valence-electron chi connectivity index (χ3n) is 3.41. The molecule has 0 saturated heterocycles. The molecule has 1 atom stereocenters. The fraction of sp³-hybridized carbons (Fsp3) is 0.462. The van der Waals surface area contributed by atoms with Crippen LogP contribution in [0, 0.1) is 11.7 Å². The number of benzene rings is 1. The smallest absolute Gasteiger partial charge is 0.254 e. The Balaban J connectivity index is 0.00000242. The maximum absolute atomic E-state index is 14.3. The Labute approximate surface area is 143 Å². The van der Waals surface area contributed by atoms with E-state index in [9.17, 15) is 17.6 Å². The fourth-order valence-corrected chi connectivity index (χ4v) is 3.50.